The first kappa shape index (κ1) is 15.9. The van der Waals surface area contributed by atoms with E-state index in [0.717, 1.165) is 4.57 Å². The summed E-state index contributed by atoms with van der Waals surface area (Å²) in [5, 5.41) is 0.338. The zero-order chi connectivity index (χ0) is 16.8. The molecule has 2 heterocycles. The van der Waals surface area contributed by atoms with Gasteiger partial charge in [-0.25, -0.2) is 14.6 Å². The molecule has 0 fully saturated rings. The first-order valence-electron chi connectivity index (χ1n) is 6.79. The Balaban J connectivity index is 3.12. The largest absolute Gasteiger partial charge is 0.464 e. The number of pyridine rings is 1. The topological polar surface area (TPSA) is 83.2 Å². The maximum atomic E-state index is 12.5. The Morgan fingerprint density at radius 2 is 1.77 bits per heavy atom. The Labute approximate surface area is 127 Å². The van der Waals surface area contributed by atoms with Crippen LogP contribution < -0.4 is 11.2 Å². The van der Waals surface area contributed by atoms with Crippen LogP contribution in [0.25, 0.3) is 11.0 Å². The molecule has 0 aliphatic rings. The highest BCUT2D eigenvalue weighted by Gasteiger charge is 2.25. The zero-order valence-electron chi connectivity index (χ0n) is 13.6. The van der Waals surface area contributed by atoms with Crippen molar-refractivity contribution in [3.63, 3.8) is 0 Å². The first-order valence-corrected chi connectivity index (χ1v) is 6.79. The van der Waals surface area contributed by atoms with Gasteiger partial charge in [-0.3, -0.25) is 13.9 Å². The van der Waals surface area contributed by atoms with Gasteiger partial charge in [0.2, 0.25) is 0 Å². The van der Waals surface area contributed by atoms with Crippen LogP contribution in [0.2, 0.25) is 0 Å². The van der Waals surface area contributed by atoms with Crippen LogP contribution in [-0.4, -0.2) is 27.2 Å². The number of aryl methyl sites for hydroxylation is 1. The zero-order valence-corrected chi connectivity index (χ0v) is 13.6. The van der Waals surface area contributed by atoms with E-state index in [4.69, 9.17) is 4.74 Å². The van der Waals surface area contributed by atoms with Crippen molar-refractivity contribution in [3.05, 3.63) is 38.2 Å². The van der Waals surface area contributed by atoms with Crippen LogP contribution >= 0.6 is 0 Å². The molecule has 22 heavy (non-hydrogen) atoms. The van der Waals surface area contributed by atoms with Crippen molar-refractivity contribution in [1.29, 1.82) is 0 Å². The summed E-state index contributed by atoms with van der Waals surface area (Å²) in [6.07, 6.45) is 0. The van der Waals surface area contributed by atoms with Crippen molar-refractivity contribution in [1.82, 2.24) is 14.1 Å². The fraction of sp³-hybridized carbons (Fsp3) is 0.467. The predicted molar refractivity (Wildman–Crippen MR) is 82.3 cm³/mol. The van der Waals surface area contributed by atoms with Crippen LogP contribution in [0.4, 0.5) is 0 Å². The van der Waals surface area contributed by atoms with E-state index in [1.54, 1.807) is 6.07 Å². The lowest BCUT2D eigenvalue weighted by Gasteiger charge is -2.22. The molecule has 7 heteroatoms. The van der Waals surface area contributed by atoms with Gasteiger partial charge in [-0.2, -0.15) is 0 Å². The number of hydrogen-bond donors (Lipinski definition) is 0. The number of hydrogen-bond acceptors (Lipinski definition) is 5. The summed E-state index contributed by atoms with van der Waals surface area (Å²) in [5.41, 5.74) is -0.426. The lowest BCUT2D eigenvalue weighted by Crippen LogP contribution is -2.38. The predicted octanol–water partition coefficient (Wildman–Crippen LogP) is 0.716. The maximum Gasteiger partial charge on any atom is 0.356 e. The van der Waals surface area contributed by atoms with Gasteiger partial charge in [-0.15, -0.1) is 0 Å². The molecular weight excluding hydrogens is 286 g/mol. The third-order valence-corrected chi connectivity index (χ3v) is 3.61. The molecule has 0 spiro atoms. The average Bonchev–Trinajstić information content (AvgIpc) is 2.47. The molecule has 0 unspecified atom stereocenters. The molecular formula is C15H19N3O4. The van der Waals surface area contributed by atoms with Gasteiger partial charge in [-0.05, 0) is 17.0 Å². The molecule has 0 N–H and O–H groups in total. The third-order valence-electron chi connectivity index (χ3n) is 3.61. The van der Waals surface area contributed by atoms with E-state index >= 15 is 0 Å². The number of nitrogens with zero attached hydrogens (tertiary/aromatic N) is 3. The van der Waals surface area contributed by atoms with Crippen LogP contribution in [0, 0.1) is 0 Å². The second kappa shape index (κ2) is 5.08. The summed E-state index contributed by atoms with van der Waals surface area (Å²) in [4.78, 5) is 40.6. The van der Waals surface area contributed by atoms with Crippen LogP contribution in [0.5, 0.6) is 0 Å². The van der Waals surface area contributed by atoms with Gasteiger partial charge >= 0.3 is 11.7 Å². The Hall–Kier alpha value is -2.44. The summed E-state index contributed by atoms with van der Waals surface area (Å²) < 4.78 is 7.01. The Kier molecular flexibility index (Phi) is 3.68. The highest BCUT2D eigenvalue weighted by Crippen LogP contribution is 2.27. The van der Waals surface area contributed by atoms with Crippen molar-refractivity contribution >= 4 is 17.0 Å². The molecule has 0 saturated heterocycles. The second-order valence-corrected chi connectivity index (χ2v) is 6.20. The molecule has 0 aromatic carbocycles. The summed E-state index contributed by atoms with van der Waals surface area (Å²) in [6.45, 7) is 5.77. The molecule has 0 radical (unpaired) electrons. The molecule has 0 atom stereocenters. The molecule has 0 aliphatic heterocycles. The van der Waals surface area contributed by atoms with E-state index in [-0.39, 0.29) is 11.3 Å². The van der Waals surface area contributed by atoms with Crippen LogP contribution in [0.15, 0.2) is 15.7 Å². The highest BCUT2D eigenvalue weighted by molar-refractivity contribution is 5.91. The minimum absolute atomic E-state index is 0.0724. The van der Waals surface area contributed by atoms with Crippen LogP contribution in [0.1, 0.15) is 36.8 Å². The smallest absolute Gasteiger partial charge is 0.356 e. The summed E-state index contributed by atoms with van der Waals surface area (Å²) in [6, 6.07) is 1.56. The van der Waals surface area contributed by atoms with Crippen molar-refractivity contribution in [2.24, 2.45) is 14.1 Å². The monoisotopic (exact) mass is 305 g/mol. The minimum Gasteiger partial charge on any atom is -0.464 e. The summed E-state index contributed by atoms with van der Waals surface area (Å²) >= 11 is 0. The Bertz CT molecular complexity index is 885. The van der Waals surface area contributed by atoms with Gasteiger partial charge in [0.05, 0.1) is 12.5 Å². The number of esters is 1. The van der Waals surface area contributed by atoms with Gasteiger partial charge in [0.1, 0.15) is 0 Å². The molecule has 118 valence electrons. The quantitative estimate of drug-likeness (QED) is 0.725. The maximum absolute atomic E-state index is 12.5. The van der Waals surface area contributed by atoms with Crippen LogP contribution in [-0.2, 0) is 24.2 Å². The van der Waals surface area contributed by atoms with Gasteiger partial charge in [0.15, 0.2) is 11.3 Å². The van der Waals surface area contributed by atoms with Crippen LogP contribution in [0.3, 0.4) is 0 Å². The van der Waals surface area contributed by atoms with Gasteiger partial charge in [0, 0.05) is 14.1 Å². The first-order chi connectivity index (χ1) is 10.1. The van der Waals surface area contributed by atoms with Gasteiger partial charge in [0.25, 0.3) is 5.56 Å². The average molecular weight is 305 g/mol. The normalized spacial score (nSPS) is 11.7. The molecule has 2 rings (SSSR count). The van der Waals surface area contributed by atoms with E-state index in [1.165, 1.54) is 25.8 Å². The molecule has 2 aromatic heterocycles. The molecule has 0 aliphatic carbocycles. The van der Waals surface area contributed by atoms with E-state index in [2.05, 4.69) is 4.98 Å². The standard InChI is InChI=1S/C15H19N3O4/c1-15(2,3)8-7-9(13(20)22-6)16-11-10(8)12(19)18(5)14(21)17(11)4/h7H,1-6H3. The van der Waals surface area contributed by atoms with Crippen molar-refractivity contribution in [3.8, 4) is 0 Å². The minimum atomic E-state index is -0.611. The van der Waals surface area contributed by atoms with Crippen molar-refractivity contribution in [2.75, 3.05) is 7.11 Å². The number of ether oxygens (including phenoxy) is 1. The molecule has 0 saturated carbocycles. The summed E-state index contributed by atoms with van der Waals surface area (Å²) in [7, 11) is 4.20. The SMILES string of the molecule is COC(=O)c1cc(C(C)(C)C)c2c(=O)n(C)c(=O)n(C)c2n1. The Morgan fingerprint density at radius 1 is 1.18 bits per heavy atom. The third kappa shape index (κ3) is 2.32. The van der Waals surface area contributed by atoms with E-state index in [9.17, 15) is 14.4 Å². The Morgan fingerprint density at radius 3 is 2.27 bits per heavy atom. The van der Waals surface area contributed by atoms with Crippen molar-refractivity contribution in [2.45, 2.75) is 26.2 Å². The van der Waals surface area contributed by atoms with E-state index in [0.29, 0.717) is 10.9 Å². The lowest BCUT2D eigenvalue weighted by molar-refractivity contribution is 0.0594. The highest BCUT2D eigenvalue weighted by atomic mass is 16.5. The second-order valence-electron chi connectivity index (χ2n) is 6.20. The number of methoxy groups -OCH3 is 1. The van der Waals surface area contributed by atoms with Gasteiger partial charge < -0.3 is 4.74 Å². The number of aromatic nitrogens is 3. The van der Waals surface area contributed by atoms with Crippen molar-refractivity contribution < 1.29 is 9.53 Å². The molecule has 0 amide bonds. The lowest BCUT2D eigenvalue weighted by atomic mass is 9.85. The number of rotatable bonds is 1. The molecule has 0 bridgehead atoms. The molecule has 2 aromatic rings. The summed E-state index contributed by atoms with van der Waals surface area (Å²) in [5.74, 6) is -0.611. The molecule has 7 nitrogen and oxygen atoms in total. The fourth-order valence-electron chi connectivity index (χ4n) is 2.36. The fourth-order valence-corrected chi connectivity index (χ4v) is 2.36. The van der Waals surface area contributed by atoms with E-state index < -0.39 is 22.6 Å². The number of carbonyl (C=O) groups is 1. The number of carbonyl (C=O) groups excluding carboxylic acids is 1. The number of fused-ring (bicyclic) bond motifs is 1. The van der Waals surface area contributed by atoms with E-state index in [1.807, 2.05) is 20.8 Å². The van der Waals surface area contributed by atoms with Gasteiger partial charge in [-0.1, -0.05) is 20.8 Å².